The minimum absolute atomic E-state index is 0.302. The number of hydrogen-bond donors (Lipinski definition) is 1. The standard InChI is InChI=1S/C15H21N3O/c1-11(2)17-7-5-12(10-17)8-15-16-9-13-14(19)4-3-6-18(13)15/h3-4,6,9,11-12,19H,5,7-8,10H2,1-2H3. The predicted molar refractivity (Wildman–Crippen MR) is 75.4 cm³/mol. The number of imidazole rings is 1. The van der Waals surface area contributed by atoms with Gasteiger partial charge < -0.3 is 14.4 Å². The van der Waals surface area contributed by atoms with Gasteiger partial charge >= 0.3 is 0 Å². The molecule has 0 aliphatic carbocycles. The fraction of sp³-hybridized carbons (Fsp3) is 0.533. The van der Waals surface area contributed by atoms with Crippen LogP contribution in [0, 0.1) is 5.92 Å². The van der Waals surface area contributed by atoms with Gasteiger partial charge in [0.05, 0.1) is 6.20 Å². The zero-order valence-corrected chi connectivity index (χ0v) is 11.6. The molecule has 1 atom stereocenters. The van der Waals surface area contributed by atoms with Crippen LogP contribution in [0.2, 0.25) is 0 Å². The van der Waals surface area contributed by atoms with Crippen molar-refractivity contribution >= 4 is 5.52 Å². The zero-order valence-electron chi connectivity index (χ0n) is 11.6. The van der Waals surface area contributed by atoms with Gasteiger partial charge in [-0.05, 0) is 44.9 Å². The normalized spacial score (nSPS) is 20.7. The van der Waals surface area contributed by atoms with Crippen LogP contribution in [-0.2, 0) is 6.42 Å². The Balaban J connectivity index is 1.78. The lowest BCUT2D eigenvalue weighted by molar-refractivity contribution is 0.264. The predicted octanol–water partition coefficient (Wildman–Crippen LogP) is 2.31. The minimum atomic E-state index is 0.302. The Morgan fingerprint density at radius 3 is 3.05 bits per heavy atom. The van der Waals surface area contributed by atoms with Gasteiger partial charge in [-0.2, -0.15) is 0 Å². The van der Waals surface area contributed by atoms with Crippen LogP contribution in [0.25, 0.3) is 5.52 Å². The van der Waals surface area contributed by atoms with Crippen LogP contribution in [0.15, 0.2) is 24.5 Å². The molecule has 19 heavy (non-hydrogen) atoms. The fourth-order valence-electron chi connectivity index (χ4n) is 2.97. The highest BCUT2D eigenvalue weighted by Gasteiger charge is 2.25. The van der Waals surface area contributed by atoms with Crippen molar-refractivity contribution in [2.75, 3.05) is 13.1 Å². The average molecular weight is 259 g/mol. The molecular formula is C15H21N3O. The molecule has 1 saturated heterocycles. The van der Waals surface area contributed by atoms with Crippen molar-refractivity contribution < 1.29 is 5.11 Å². The first kappa shape index (κ1) is 12.5. The van der Waals surface area contributed by atoms with Crippen LogP contribution in [0.5, 0.6) is 5.75 Å². The summed E-state index contributed by atoms with van der Waals surface area (Å²) in [6.45, 7) is 6.86. The molecule has 1 unspecified atom stereocenters. The van der Waals surface area contributed by atoms with E-state index in [0.717, 1.165) is 24.3 Å². The summed E-state index contributed by atoms with van der Waals surface area (Å²) in [6, 6.07) is 4.20. The highest BCUT2D eigenvalue weighted by molar-refractivity contribution is 5.58. The van der Waals surface area contributed by atoms with E-state index in [2.05, 4.69) is 23.7 Å². The maximum atomic E-state index is 9.79. The summed E-state index contributed by atoms with van der Waals surface area (Å²) in [6.07, 6.45) is 5.97. The highest BCUT2D eigenvalue weighted by atomic mass is 16.3. The third kappa shape index (κ3) is 2.32. The Morgan fingerprint density at radius 2 is 2.32 bits per heavy atom. The maximum absolute atomic E-state index is 9.79. The van der Waals surface area contributed by atoms with Crippen LogP contribution in [0.3, 0.4) is 0 Å². The van der Waals surface area contributed by atoms with E-state index in [1.165, 1.54) is 13.0 Å². The fourth-order valence-corrected chi connectivity index (χ4v) is 2.97. The van der Waals surface area contributed by atoms with E-state index >= 15 is 0 Å². The minimum Gasteiger partial charge on any atom is -0.506 e. The van der Waals surface area contributed by atoms with E-state index in [0.29, 0.717) is 17.7 Å². The molecule has 4 nitrogen and oxygen atoms in total. The summed E-state index contributed by atoms with van der Waals surface area (Å²) in [5.74, 6) is 2.04. The monoisotopic (exact) mass is 259 g/mol. The van der Waals surface area contributed by atoms with E-state index in [9.17, 15) is 5.11 Å². The lowest BCUT2D eigenvalue weighted by Gasteiger charge is -2.20. The first-order valence-corrected chi connectivity index (χ1v) is 7.03. The molecule has 1 fully saturated rings. The molecule has 1 N–H and O–H groups in total. The van der Waals surface area contributed by atoms with E-state index < -0.39 is 0 Å². The highest BCUT2D eigenvalue weighted by Crippen LogP contribution is 2.24. The molecule has 0 radical (unpaired) electrons. The molecule has 3 rings (SSSR count). The summed E-state index contributed by atoms with van der Waals surface area (Å²) in [5, 5.41) is 9.79. The molecule has 0 aromatic carbocycles. The molecule has 2 aromatic rings. The van der Waals surface area contributed by atoms with Crippen LogP contribution in [0.1, 0.15) is 26.1 Å². The zero-order chi connectivity index (χ0) is 13.4. The third-order valence-electron chi connectivity index (χ3n) is 4.14. The molecule has 0 spiro atoms. The Labute approximate surface area is 113 Å². The number of likely N-dealkylation sites (tertiary alicyclic amines) is 1. The van der Waals surface area contributed by atoms with Gasteiger partial charge in [-0.25, -0.2) is 4.98 Å². The average Bonchev–Trinajstić information content (AvgIpc) is 2.98. The molecule has 1 aliphatic heterocycles. The molecule has 0 saturated carbocycles. The lowest BCUT2D eigenvalue weighted by Crippen LogP contribution is -2.28. The first-order chi connectivity index (χ1) is 9.15. The Hall–Kier alpha value is -1.55. The lowest BCUT2D eigenvalue weighted by atomic mass is 10.0. The maximum Gasteiger partial charge on any atom is 0.141 e. The second kappa shape index (κ2) is 4.85. The summed E-state index contributed by atoms with van der Waals surface area (Å²) in [7, 11) is 0. The number of nitrogens with zero attached hydrogens (tertiary/aromatic N) is 3. The van der Waals surface area contributed by atoms with Gasteiger partial charge in [0.1, 0.15) is 17.1 Å². The van der Waals surface area contributed by atoms with Crippen molar-refractivity contribution in [1.82, 2.24) is 14.3 Å². The topological polar surface area (TPSA) is 40.8 Å². The Kier molecular flexibility index (Phi) is 3.19. The summed E-state index contributed by atoms with van der Waals surface area (Å²) in [4.78, 5) is 7.00. The molecule has 1 aliphatic rings. The molecule has 2 aromatic heterocycles. The van der Waals surface area contributed by atoms with Crippen LogP contribution in [0.4, 0.5) is 0 Å². The van der Waals surface area contributed by atoms with Crippen LogP contribution >= 0.6 is 0 Å². The quantitative estimate of drug-likeness (QED) is 0.919. The number of rotatable bonds is 3. The van der Waals surface area contributed by atoms with Crippen molar-refractivity contribution in [2.24, 2.45) is 5.92 Å². The summed E-state index contributed by atoms with van der Waals surface area (Å²) >= 11 is 0. The number of aromatic nitrogens is 2. The molecule has 0 amide bonds. The van der Waals surface area contributed by atoms with Crippen molar-refractivity contribution in [1.29, 1.82) is 0 Å². The first-order valence-electron chi connectivity index (χ1n) is 7.03. The molecule has 3 heterocycles. The van der Waals surface area contributed by atoms with Crippen molar-refractivity contribution in [3.8, 4) is 5.75 Å². The SMILES string of the molecule is CC(C)N1CCC(Cc2ncc3c(O)cccn23)C1. The number of aromatic hydroxyl groups is 1. The van der Waals surface area contributed by atoms with Gasteiger partial charge in [-0.15, -0.1) is 0 Å². The molecule has 102 valence electrons. The second-order valence-electron chi connectivity index (χ2n) is 5.77. The van der Waals surface area contributed by atoms with Gasteiger partial charge in [0.2, 0.25) is 0 Å². The van der Waals surface area contributed by atoms with Gasteiger partial charge in [-0.1, -0.05) is 0 Å². The van der Waals surface area contributed by atoms with Gasteiger partial charge in [0.25, 0.3) is 0 Å². The Bertz CT molecular complexity index is 576. The van der Waals surface area contributed by atoms with Crippen LogP contribution in [-0.4, -0.2) is 38.5 Å². The second-order valence-corrected chi connectivity index (χ2v) is 5.77. The van der Waals surface area contributed by atoms with Crippen LogP contribution < -0.4 is 0 Å². The number of hydrogen-bond acceptors (Lipinski definition) is 3. The van der Waals surface area contributed by atoms with Gasteiger partial charge in [0.15, 0.2) is 0 Å². The third-order valence-corrected chi connectivity index (χ3v) is 4.14. The van der Waals surface area contributed by atoms with E-state index in [-0.39, 0.29) is 0 Å². The summed E-state index contributed by atoms with van der Waals surface area (Å²) in [5.41, 5.74) is 0.802. The van der Waals surface area contributed by atoms with Crippen molar-refractivity contribution in [3.63, 3.8) is 0 Å². The van der Waals surface area contributed by atoms with Gasteiger partial charge in [-0.3, -0.25) is 0 Å². The molecule has 4 heteroatoms. The molecular weight excluding hydrogens is 238 g/mol. The van der Waals surface area contributed by atoms with E-state index in [1.807, 2.05) is 16.7 Å². The van der Waals surface area contributed by atoms with Crippen molar-refractivity contribution in [2.45, 2.75) is 32.7 Å². The Morgan fingerprint density at radius 1 is 1.47 bits per heavy atom. The summed E-state index contributed by atoms with van der Waals surface area (Å²) < 4.78 is 2.01. The number of fused-ring (bicyclic) bond motifs is 1. The largest absolute Gasteiger partial charge is 0.506 e. The van der Waals surface area contributed by atoms with Crippen molar-refractivity contribution in [3.05, 3.63) is 30.4 Å². The smallest absolute Gasteiger partial charge is 0.141 e. The van der Waals surface area contributed by atoms with E-state index in [1.54, 1.807) is 12.3 Å². The van der Waals surface area contributed by atoms with E-state index in [4.69, 9.17) is 0 Å². The van der Waals surface area contributed by atoms with Gasteiger partial charge in [0, 0.05) is 25.2 Å². The number of pyridine rings is 1. The molecule has 0 bridgehead atoms.